The molecule has 10 heterocycles. The summed E-state index contributed by atoms with van der Waals surface area (Å²) in [6, 6.07) is 20.3. The Kier molecular flexibility index (Phi) is 4.01. The number of benzene rings is 2. The van der Waals surface area contributed by atoms with E-state index in [9.17, 15) is 0 Å². The van der Waals surface area contributed by atoms with Crippen LogP contribution in [0.3, 0.4) is 0 Å². The third kappa shape index (κ3) is 2.18. The summed E-state index contributed by atoms with van der Waals surface area (Å²) in [6.45, 7) is 11.7. The summed E-state index contributed by atoms with van der Waals surface area (Å²) in [5.41, 5.74) is 5.78. The van der Waals surface area contributed by atoms with E-state index in [1.54, 1.807) is 11.1 Å². The van der Waals surface area contributed by atoms with Gasteiger partial charge in [-0.2, -0.15) is 0 Å². The summed E-state index contributed by atoms with van der Waals surface area (Å²) < 4.78 is 22.1. The number of ether oxygens (including phenoxy) is 3. The van der Waals surface area contributed by atoms with Crippen molar-refractivity contribution >= 4 is 11.4 Å². The van der Waals surface area contributed by atoms with Crippen molar-refractivity contribution in [3.05, 3.63) is 59.7 Å². The minimum Gasteiger partial charge on any atom is -0.368 e. The highest BCUT2D eigenvalue weighted by molar-refractivity contribution is 5.75. The molecule has 14 rings (SSSR count). The van der Waals surface area contributed by atoms with Gasteiger partial charge in [0.15, 0.2) is 11.4 Å². The van der Waals surface area contributed by atoms with Crippen molar-refractivity contribution in [2.45, 2.75) is 111 Å². The highest BCUT2D eigenvalue weighted by Gasteiger charge is 2.91. The van der Waals surface area contributed by atoms with Gasteiger partial charge in [-0.15, -0.1) is 0 Å². The molecular formula is C40H46N4O3. The number of para-hydroxylation sites is 2. The van der Waals surface area contributed by atoms with Crippen LogP contribution in [-0.2, 0) is 25.0 Å². The molecule has 2 aliphatic carbocycles. The Balaban J connectivity index is 1.08. The van der Waals surface area contributed by atoms with Gasteiger partial charge in [0.1, 0.15) is 0 Å². The first-order valence-electron chi connectivity index (χ1n) is 19.3. The maximum Gasteiger partial charge on any atom is 0.160 e. The Morgan fingerprint density at radius 1 is 0.638 bits per heavy atom. The topological polar surface area (TPSA) is 47.2 Å². The van der Waals surface area contributed by atoms with E-state index in [2.05, 4.69) is 82.0 Å². The van der Waals surface area contributed by atoms with Crippen LogP contribution in [0.4, 0.5) is 11.4 Å². The number of hydrogen-bond donors (Lipinski definition) is 0. The monoisotopic (exact) mass is 630 g/mol. The van der Waals surface area contributed by atoms with E-state index in [0.29, 0.717) is 48.3 Å². The lowest BCUT2D eigenvalue weighted by molar-refractivity contribution is -0.337. The zero-order valence-corrected chi connectivity index (χ0v) is 27.7. The Labute approximate surface area is 277 Å². The first-order valence-corrected chi connectivity index (χ1v) is 19.3. The second kappa shape index (κ2) is 7.32. The van der Waals surface area contributed by atoms with Crippen LogP contribution in [0.2, 0.25) is 0 Å². The lowest BCUT2D eigenvalue weighted by Gasteiger charge is -2.77. The average molecular weight is 631 g/mol. The lowest BCUT2D eigenvalue weighted by Crippen LogP contribution is -2.90. The maximum atomic E-state index is 8.78. The standard InChI is InChI=1S/C40H46N4O3/c1-3-35-17-23-19-43-28-12-8-6-10-26(28)38-14-16-42-22-30-32(46-30)36(4-2,34(38)42)18-24-20-44-27-11-7-5-9-25(27)37(39(23,44)47-40(24,38)43)13-15-41(33(35)37)21-29-31(35)45-29/h5-12,23-24,29-34H,3-4,13-22H2,1-2H3/t23-,24-,29+,30+,31+,32+,33-,34-,35+,36+,37?,38?,39?,40?/m0/s1. The molecule has 0 radical (unpaired) electrons. The third-order valence-electron chi connectivity index (χ3n) is 17.7. The predicted molar refractivity (Wildman–Crippen MR) is 176 cm³/mol. The van der Waals surface area contributed by atoms with Crippen molar-refractivity contribution < 1.29 is 14.2 Å². The molecule has 2 bridgehead atoms. The molecule has 14 atom stereocenters. The molecular weight excluding hydrogens is 584 g/mol. The van der Waals surface area contributed by atoms with E-state index in [1.807, 2.05) is 0 Å². The van der Waals surface area contributed by atoms with Gasteiger partial charge in [-0.1, -0.05) is 50.2 Å². The number of rotatable bonds is 2. The first-order chi connectivity index (χ1) is 23.0. The summed E-state index contributed by atoms with van der Waals surface area (Å²) in [6.07, 6.45) is 8.87. The molecule has 4 spiro atoms. The van der Waals surface area contributed by atoms with Crippen LogP contribution in [0.1, 0.15) is 63.5 Å². The molecule has 7 heteroatoms. The molecule has 4 unspecified atom stereocenters. The molecule has 2 saturated carbocycles. The molecule has 8 saturated heterocycles. The van der Waals surface area contributed by atoms with Crippen LogP contribution < -0.4 is 9.80 Å². The van der Waals surface area contributed by atoms with Gasteiger partial charge in [-0.05, 0) is 74.9 Å². The van der Waals surface area contributed by atoms with Gasteiger partial charge in [0, 0.05) is 72.3 Å². The number of epoxide rings is 2. The number of fused-ring (bicyclic) bond motifs is 8. The molecule has 0 amide bonds. The van der Waals surface area contributed by atoms with E-state index in [1.165, 1.54) is 63.0 Å². The van der Waals surface area contributed by atoms with Crippen molar-refractivity contribution in [2.75, 3.05) is 49.1 Å². The van der Waals surface area contributed by atoms with E-state index < -0.39 is 0 Å². The van der Waals surface area contributed by atoms with E-state index in [0.717, 1.165) is 26.2 Å². The first kappa shape index (κ1) is 25.8. The van der Waals surface area contributed by atoms with Crippen molar-refractivity contribution in [2.24, 2.45) is 22.7 Å². The number of piperidine rings is 2. The van der Waals surface area contributed by atoms with Gasteiger partial charge >= 0.3 is 0 Å². The highest BCUT2D eigenvalue weighted by atomic mass is 16.6. The molecule has 47 heavy (non-hydrogen) atoms. The summed E-state index contributed by atoms with van der Waals surface area (Å²) in [5.74, 6) is 0.836. The van der Waals surface area contributed by atoms with Crippen LogP contribution in [0, 0.1) is 22.7 Å². The van der Waals surface area contributed by atoms with Crippen LogP contribution in [0.15, 0.2) is 48.5 Å². The summed E-state index contributed by atoms with van der Waals surface area (Å²) in [5, 5.41) is 0. The predicted octanol–water partition coefficient (Wildman–Crippen LogP) is 4.48. The normalized spacial score (nSPS) is 56.9. The number of anilines is 2. The molecule has 2 aromatic rings. The largest absolute Gasteiger partial charge is 0.368 e. The third-order valence-corrected chi connectivity index (χ3v) is 17.7. The fourth-order valence-electron chi connectivity index (χ4n) is 16.8. The summed E-state index contributed by atoms with van der Waals surface area (Å²) in [7, 11) is 0. The highest BCUT2D eigenvalue weighted by Crippen LogP contribution is 2.81. The fourth-order valence-corrected chi connectivity index (χ4v) is 16.8. The zero-order valence-electron chi connectivity index (χ0n) is 27.7. The summed E-state index contributed by atoms with van der Waals surface area (Å²) in [4.78, 5) is 11.7. The fraction of sp³-hybridized carbons (Fsp3) is 0.700. The van der Waals surface area contributed by atoms with Crippen LogP contribution in [0.5, 0.6) is 0 Å². The van der Waals surface area contributed by atoms with Gasteiger partial charge in [-0.3, -0.25) is 9.80 Å². The Hall–Kier alpha value is -2.16. The quantitative estimate of drug-likeness (QED) is 0.454. The van der Waals surface area contributed by atoms with Crippen LogP contribution >= 0.6 is 0 Å². The van der Waals surface area contributed by atoms with E-state index in [4.69, 9.17) is 14.2 Å². The number of nitrogens with zero attached hydrogens (tertiary/aromatic N) is 4. The minimum atomic E-state index is -0.328. The molecule has 2 aromatic carbocycles. The molecule has 244 valence electrons. The van der Waals surface area contributed by atoms with Gasteiger partial charge in [0.2, 0.25) is 0 Å². The molecule has 7 nitrogen and oxygen atoms in total. The Bertz CT molecular complexity index is 1710. The van der Waals surface area contributed by atoms with Gasteiger partial charge in [-0.25, -0.2) is 0 Å². The van der Waals surface area contributed by atoms with Crippen LogP contribution in [-0.4, -0.2) is 97.0 Å². The van der Waals surface area contributed by atoms with Crippen LogP contribution in [0.25, 0.3) is 0 Å². The maximum absolute atomic E-state index is 8.78. The lowest BCUT2D eigenvalue weighted by atomic mass is 9.44. The number of hydrogen-bond acceptors (Lipinski definition) is 7. The van der Waals surface area contributed by atoms with Gasteiger partial charge in [0.25, 0.3) is 0 Å². The Morgan fingerprint density at radius 3 is 1.57 bits per heavy atom. The molecule has 0 aromatic heterocycles. The summed E-state index contributed by atoms with van der Waals surface area (Å²) >= 11 is 0. The van der Waals surface area contributed by atoms with E-state index >= 15 is 0 Å². The SMILES string of the molecule is CC[C@@]12C[C@H]3CN4c5ccccc5C56CCN7C[C@H]8O[C@H]8[C@@](CC)(C[C@H]8CN9c%10ccccc%10C%10(CCN(C[C@H]%11O[C@H]%111)[C@H]%102)C39OC845)[C@H]76. The van der Waals surface area contributed by atoms with Crippen molar-refractivity contribution in [3.8, 4) is 0 Å². The van der Waals surface area contributed by atoms with Gasteiger partial charge in [0.05, 0.1) is 35.2 Å². The second-order valence-electron chi connectivity index (χ2n) is 18.2. The molecule has 12 aliphatic rings. The molecule has 0 N–H and O–H groups in total. The molecule has 10 aliphatic heterocycles. The second-order valence-corrected chi connectivity index (χ2v) is 18.2. The smallest absolute Gasteiger partial charge is 0.160 e. The molecule has 10 fully saturated rings. The van der Waals surface area contributed by atoms with Crippen molar-refractivity contribution in [3.63, 3.8) is 0 Å². The van der Waals surface area contributed by atoms with E-state index in [-0.39, 0.29) is 33.1 Å². The minimum absolute atomic E-state index is 0.0456. The average Bonchev–Trinajstić information content (AvgIpc) is 3.95. The zero-order chi connectivity index (χ0) is 30.5. The van der Waals surface area contributed by atoms with Gasteiger partial charge < -0.3 is 24.0 Å². The van der Waals surface area contributed by atoms with Crippen molar-refractivity contribution in [1.29, 1.82) is 0 Å². The van der Waals surface area contributed by atoms with Crippen molar-refractivity contribution in [1.82, 2.24) is 9.80 Å². The Morgan fingerprint density at radius 2 is 1.11 bits per heavy atom.